The van der Waals surface area contributed by atoms with Gasteiger partial charge in [-0.1, -0.05) is 19.9 Å². The maximum atomic E-state index is 13.1. The summed E-state index contributed by atoms with van der Waals surface area (Å²) in [6.07, 6.45) is 2.03. The third-order valence-electron chi connectivity index (χ3n) is 5.74. The third-order valence-corrected chi connectivity index (χ3v) is 6.66. The van der Waals surface area contributed by atoms with Crippen molar-refractivity contribution in [2.75, 3.05) is 13.7 Å². The zero-order valence-electron chi connectivity index (χ0n) is 20.2. The maximum Gasteiger partial charge on any atom is 0.329 e. The highest BCUT2D eigenvalue weighted by Crippen LogP contribution is 2.34. The molecule has 188 valence electrons. The lowest BCUT2D eigenvalue weighted by Gasteiger charge is -2.23. The molecule has 1 N–H and O–H groups in total. The van der Waals surface area contributed by atoms with Gasteiger partial charge < -0.3 is 19.2 Å². The molecule has 10 heteroatoms. The number of carbonyl (C=O) groups is 3. The number of amides is 2. The van der Waals surface area contributed by atoms with Gasteiger partial charge in [0, 0.05) is 12.0 Å². The molecule has 0 spiro atoms. The maximum absolute atomic E-state index is 13.1. The zero-order chi connectivity index (χ0) is 25.7. The number of hydrogen-bond acceptors (Lipinski definition) is 8. The molecule has 9 nitrogen and oxygen atoms in total. The van der Waals surface area contributed by atoms with Crippen molar-refractivity contribution in [2.24, 2.45) is 11.0 Å². The number of esters is 1. The second-order valence-corrected chi connectivity index (χ2v) is 9.48. The number of thiophene rings is 1. The SMILES string of the molecule is COc1ccc(C(=O)N[C@@H](C(=O)OCC(=O)N2N=C(c3cccs3)C[C@H]2c2ccco2)C(C)C)cc1. The fourth-order valence-corrected chi connectivity index (χ4v) is 4.51. The highest BCUT2D eigenvalue weighted by Gasteiger charge is 2.36. The first-order valence-electron chi connectivity index (χ1n) is 11.5. The number of carbonyl (C=O) groups excluding carboxylic acids is 3. The molecule has 36 heavy (non-hydrogen) atoms. The van der Waals surface area contributed by atoms with Crippen LogP contribution < -0.4 is 10.1 Å². The monoisotopic (exact) mass is 509 g/mol. The summed E-state index contributed by atoms with van der Waals surface area (Å²) in [6, 6.07) is 12.6. The lowest BCUT2D eigenvalue weighted by Crippen LogP contribution is -2.46. The molecular formula is C26H27N3O6S. The second-order valence-electron chi connectivity index (χ2n) is 8.53. The minimum Gasteiger partial charge on any atom is -0.497 e. The van der Waals surface area contributed by atoms with Crippen LogP contribution in [0.25, 0.3) is 0 Å². The van der Waals surface area contributed by atoms with Crippen molar-refractivity contribution in [1.82, 2.24) is 10.3 Å². The van der Waals surface area contributed by atoms with E-state index in [1.165, 1.54) is 23.5 Å². The molecule has 0 saturated carbocycles. The Bertz CT molecular complexity index is 1220. The number of hydrogen-bond donors (Lipinski definition) is 1. The van der Waals surface area contributed by atoms with Crippen LogP contribution in [0, 0.1) is 5.92 Å². The van der Waals surface area contributed by atoms with Crippen LogP contribution in [0.3, 0.4) is 0 Å². The highest BCUT2D eigenvalue weighted by atomic mass is 32.1. The first kappa shape index (κ1) is 25.2. The van der Waals surface area contributed by atoms with E-state index in [9.17, 15) is 14.4 Å². The molecule has 0 aliphatic carbocycles. The molecular weight excluding hydrogens is 482 g/mol. The standard InChI is InChI=1S/C26H27N3O6S/c1-16(2)24(27-25(31)17-8-10-18(33-3)11-9-17)26(32)35-15-23(30)29-20(21-6-4-12-34-21)14-19(28-29)22-7-5-13-36-22/h4-13,16,20,24H,14-15H2,1-3H3,(H,27,31)/t20-,24+/m0/s1. The number of benzene rings is 1. The average Bonchev–Trinajstić information content (AvgIpc) is 3.66. The Balaban J connectivity index is 1.41. The van der Waals surface area contributed by atoms with Crippen LogP contribution in [0.15, 0.2) is 69.7 Å². The van der Waals surface area contributed by atoms with Crippen LogP contribution in [0.5, 0.6) is 5.75 Å². The van der Waals surface area contributed by atoms with Gasteiger partial charge in [0.25, 0.3) is 11.8 Å². The first-order chi connectivity index (χ1) is 17.4. The Morgan fingerprint density at radius 1 is 1.17 bits per heavy atom. The van der Waals surface area contributed by atoms with E-state index < -0.39 is 36.5 Å². The van der Waals surface area contributed by atoms with Crippen LogP contribution in [0.1, 0.15) is 47.3 Å². The quantitative estimate of drug-likeness (QED) is 0.436. The summed E-state index contributed by atoms with van der Waals surface area (Å²) in [6.45, 7) is 3.05. The number of nitrogens with zero attached hydrogens (tertiary/aromatic N) is 2. The van der Waals surface area contributed by atoms with Crippen molar-refractivity contribution < 1.29 is 28.3 Å². The van der Waals surface area contributed by atoms with E-state index in [0.717, 1.165) is 10.6 Å². The van der Waals surface area contributed by atoms with Crippen molar-refractivity contribution in [2.45, 2.75) is 32.4 Å². The predicted molar refractivity (Wildman–Crippen MR) is 134 cm³/mol. The van der Waals surface area contributed by atoms with Gasteiger partial charge in [0.05, 0.1) is 24.0 Å². The number of hydrazone groups is 1. The average molecular weight is 510 g/mol. The molecule has 0 saturated heterocycles. The summed E-state index contributed by atoms with van der Waals surface area (Å²) < 4.78 is 16.0. The summed E-state index contributed by atoms with van der Waals surface area (Å²) in [7, 11) is 1.54. The van der Waals surface area contributed by atoms with Gasteiger partial charge in [0.15, 0.2) is 6.61 Å². The number of methoxy groups -OCH3 is 1. The molecule has 0 bridgehead atoms. The fraction of sp³-hybridized carbons (Fsp3) is 0.308. The molecule has 1 aliphatic rings. The molecule has 2 amide bonds. The number of rotatable bonds is 9. The molecule has 2 atom stereocenters. The molecule has 1 aromatic carbocycles. The molecule has 4 rings (SSSR count). The summed E-state index contributed by atoms with van der Waals surface area (Å²) >= 11 is 1.53. The highest BCUT2D eigenvalue weighted by molar-refractivity contribution is 7.12. The van der Waals surface area contributed by atoms with Gasteiger partial charge in [-0.3, -0.25) is 9.59 Å². The van der Waals surface area contributed by atoms with Crippen molar-refractivity contribution in [1.29, 1.82) is 0 Å². The Hall–Kier alpha value is -3.92. The van der Waals surface area contributed by atoms with E-state index in [1.54, 1.807) is 56.5 Å². The van der Waals surface area contributed by atoms with E-state index in [4.69, 9.17) is 13.9 Å². The normalized spacial score (nSPS) is 15.9. The van der Waals surface area contributed by atoms with Gasteiger partial charge >= 0.3 is 5.97 Å². The van der Waals surface area contributed by atoms with Crippen LogP contribution in [0.4, 0.5) is 0 Å². The second kappa shape index (κ2) is 11.2. The van der Waals surface area contributed by atoms with E-state index in [-0.39, 0.29) is 5.92 Å². The summed E-state index contributed by atoms with van der Waals surface area (Å²) in [5.74, 6) is -0.666. The molecule has 3 aromatic rings. The van der Waals surface area contributed by atoms with Gasteiger partial charge in [-0.25, -0.2) is 9.80 Å². The third kappa shape index (κ3) is 5.65. The van der Waals surface area contributed by atoms with Crippen molar-refractivity contribution >= 4 is 34.8 Å². The van der Waals surface area contributed by atoms with E-state index >= 15 is 0 Å². The minimum absolute atomic E-state index is 0.263. The van der Waals surface area contributed by atoms with Crippen LogP contribution in [-0.2, 0) is 14.3 Å². The number of ether oxygens (including phenoxy) is 2. The summed E-state index contributed by atoms with van der Waals surface area (Å²) in [5, 5.41) is 10.5. The molecule has 0 radical (unpaired) electrons. The van der Waals surface area contributed by atoms with Crippen molar-refractivity contribution in [3.8, 4) is 5.75 Å². The van der Waals surface area contributed by atoms with Gasteiger partial charge in [0.2, 0.25) is 0 Å². The largest absolute Gasteiger partial charge is 0.497 e. The van der Waals surface area contributed by atoms with Gasteiger partial charge in [0.1, 0.15) is 23.6 Å². The number of furan rings is 1. The molecule has 1 aliphatic heterocycles. The first-order valence-corrected chi connectivity index (χ1v) is 12.3. The lowest BCUT2D eigenvalue weighted by atomic mass is 10.0. The molecule has 0 fully saturated rings. The van der Waals surface area contributed by atoms with Crippen LogP contribution >= 0.6 is 11.3 Å². The summed E-state index contributed by atoms with van der Waals surface area (Å²) in [5.41, 5.74) is 1.14. The molecule has 0 unspecified atom stereocenters. The topological polar surface area (TPSA) is 110 Å². The van der Waals surface area contributed by atoms with Gasteiger partial charge in [-0.15, -0.1) is 11.3 Å². The van der Waals surface area contributed by atoms with Crippen LogP contribution in [0.2, 0.25) is 0 Å². The molecule has 3 heterocycles. The van der Waals surface area contributed by atoms with Crippen molar-refractivity contribution in [3.63, 3.8) is 0 Å². The van der Waals surface area contributed by atoms with E-state index in [2.05, 4.69) is 10.4 Å². The zero-order valence-corrected chi connectivity index (χ0v) is 21.0. The van der Waals surface area contributed by atoms with Gasteiger partial charge in [-0.05, 0) is 53.8 Å². The molecule has 2 aromatic heterocycles. The Kier molecular flexibility index (Phi) is 7.84. The smallest absolute Gasteiger partial charge is 0.329 e. The van der Waals surface area contributed by atoms with Gasteiger partial charge in [-0.2, -0.15) is 5.10 Å². The number of nitrogens with one attached hydrogen (secondary N) is 1. The Labute approximate surface area is 212 Å². The van der Waals surface area contributed by atoms with E-state index in [0.29, 0.717) is 23.5 Å². The summed E-state index contributed by atoms with van der Waals surface area (Å²) in [4.78, 5) is 39.6. The van der Waals surface area contributed by atoms with Crippen molar-refractivity contribution in [3.05, 3.63) is 76.4 Å². The minimum atomic E-state index is -0.933. The predicted octanol–water partition coefficient (Wildman–Crippen LogP) is 4.03. The Morgan fingerprint density at radius 2 is 1.94 bits per heavy atom. The van der Waals surface area contributed by atoms with E-state index in [1.807, 2.05) is 17.5 Å². The van der Waals surface area contributed by atoms with Crippen LogP contribution in [-0.4, -0.2) is 48.3 Å². The lowest BCUT2D eigenvalue weighted by molar-refractivity contribution is -0.155. The fourth-order valence-electron chi connectivity index (χ4n) is 3.79. The Morgan fingerprint density at radius 3 is 2.56 bits per heavy atom.